The minimum Gasteiger partial charge on any atom is -0.310 e. The van der Waals surface area contributed by atoms with Gasteiger partial charge in [0.15, 0.2) is 0 Å². The van der Waals surface area contributed by atoms with Gasteiger partial charge in [-0.3, -0.25) is 0 Å². The van der Waals surface area contributed by atoms with Crippen LogP contribution in [-0.2, 0) is 0 Å². The zero-order valence-corrected chi connectivity index (χ0v) is 10.6. The first kappa shape index (κ1) is 12.5. The summed E-state index contributed by atoms with van der Waals surface area (Å²) in [5.74, 6) is 0. The van der Waals surface area contributed by atoms with Gasteiger partial charge in [0, 0.05) is 15.8 Å². The lowest BCUT2D eigenvalue weighted by molar-refractivity contribution is 0.507. The number of thiophene rings is 1. The molecule has 1 atom stereocenters. The Morgan fingerprint density at radius 2 is 2.33 bits per heavy atom. The molecule has 0 amide bonds. The van der Waals surface area contributed by atoms with Gasteiger partial charge in [-0.1, -0.05) is 13.0 Å². The van der Waals surface area contributed by atoms with E-state index in [4.69, 9.17) is 0 Å². The molecule has 2 heteroatoms. The van der Waals surface area contributed by atoms with Crippen LogP contribution in [0, 0.1) is 6.92 Å². The van der Waals surface area contributed by atoms with Gasteiger partial charge in [0.2, 0.25) is 0 Å². The maximum atomic E-state index is 3.76. The highest BCUT2D eigenvalue weighted by Crippen LogP contribution is 2.26. The summed E-state index contributed by atoms with van der Waals surface area (Å²) in [7, 11) is 0. The van der Waals surface area contributed by atoms with Crippen molar-refractivity contribution in [3.8, 4) is 0 Å². The van der Waals surface area contributed by atoms with E-state index in [0.717, 1.165) is 13.0 Å². The zero-order chi connectivity index (χ0) is 11.1. The van der Waals surface area contributed by atoms with Gasteiger partial charge in [-0.25, -0.2) is 0 Å². The van der Waals surface area contributed by atoms with E-state index in [0.29, 0.717) is 6.04 Å². The highest BCUT2D eigenvalue weighted by molar-refractivity contribution is 7.12. The normalized spacial score (nSPS) is 12.7. The Hall–Kier alpha value is -0.600. The topological polar surface area (TPSA) is 12.0 Å². The molecule has 1 aromatic rings. The highest BCUT2D eigenvalue weighted by Gasteiger charge is 2.10. The smallest absolute Gasteiger partial charge is 0.0414 e. The third-order valence-corrected chi connectivity index (χ3v) is 3.57. The summed E-state index contributed by atoms with van der Waals surface area (Å²) in [4.78, 5) is 2.87. The second kappa shape index (κ2) is 6.81. The lowest BCUT2D eigenvalue weighted by Gasteiger charge is -2.15. The lowest BCUT2D eigenvalue weighted by atomic mass is 10.1. The number of nitrogens with one attached hydrogen (secondary N) is 1. The largest absolute Gasteiger partial charge is 0.310 e. The first-order valence-corrected chi connectivity index (χ1v) is 6.50. The van der Waals surface area contributed by atoms with Crippen molar-refractivity contribution < 1.29 is 0 Å². The Morgan fingerprint density at radius 1 is 1.53 bits per heavy atom. The van der Waals surface area contributed by atoms with Crippen molar-refractivity contribution in [2.75, 3.05) is 6.54 Å². The summed E-state index contributed by atoms with van der Waals surface area (Å²) in [5, 5.41) is 3.55. The molecule has 1 heterocycles. The molecule has 0 radical (unpaired) electrons. The Kier molecular flexibility index (Phi) is 5.66. The van der Waals surface area contributed by atoms with Gasteiger partial charge in [-0.15, -0.1) is 17.9 Å². The van der Waals surface area contributed by atoms with E-state index >= 15 is 0 Å². The molecule has 1 N–H and O–H groups in total. The molecule has 1 rings (SSSR count). The molecule has 1 aromatic heterocycles. The molecular weight excluding hydrogens is 202 g/mol. The summed E-state index contributed by atoms with van der Waals surface area (Å²) >= 11 is 1.91. The first-order valence-electron chi connectivity index (χ1n) is 5.68. The number of hydrogen-bond acceptors (Lipinski definition) is 2. The minimum atomic E-state index is 0.536. The summed E-state index contributed by atoms with van der Waals surface area (Å²) < 4.78 is 0. The van der Waals surface area contributed by atoms with E-state index in [1.807, 2.05) is 17.4 Å². The molecule has 1 nitrogen and oxygen atoms in total. The summed E-state index contributed by atoms with van der Waals surface area (Å²) in [6.45, 7) is 9.14. The van der Waals surface area contributed by atoms with Gasteiger partial charge in [-0.05, 0) is 44.9 Å². The number of aryl methyl sites for hydroxylation is 1. The monoisotopic (exact) mass is 223 g/mol. The first-order chi connectivity index (χ1) is 7.27. The van der Waals surface area contributed by atoms with Crippen LogP contribution in [0.1, 0.15) is 42.0 Å². The van der Waals surface area contributed by atoms with Gasteiger partial charge in [0.1, 0.15) is 0 Å². The standard InChI is InChI=1S/C13H21NS/c1-4-6-7-8-12(14-5-2)13-10-9-11(3)15-13/h4,9-10,12,14H,1,5-8H2,2-3H3. The van der Waals surface area contributed by atoms with Crippen LogP contribution in [0.4, 0.5) is 0 Å². The second-order valence-electron chi connectivity index (χ2n) is 3.78. The van der Waals surface area contributed by atoms with E-state index in [-0.39, 0.29) is 0 Å². The van der Waals surface area contributed by atoms with Crippen LogP contribution in [0.5, 0.6) is 0 Å². The van der Waals surface area contributed by atoms with E-state index in [9.17, 15) is 0 Å². The van der Waals surface area contributed by atoms with E-state index in [1.54, 1.807) is 0 Å². The molecule has 0 saturated heterocycles. The summed E-state index contributed by atoms with van der Waals surface area (Å²) in [6, 6.07) is 4.99. The van der Waals surface area contributed by atoms with Crippen LogP contribution < -0.4 is 5.32 Å². The fraction of sp³-hybridized carbons (Fsp3) is 0.538. The molecule has 15 heavy (non-hydrogen) atoms. The Balaban J connectivity index is 2.52. The van der Waals surface area contributed by atoms with Crippen molar-refractivity contribution in [1.29, 1.82) is 0 Å². The Labute approximate surface area is 97.2 Å². The van der Waals surface area contributed by atoms with Crippen molar-refractivity contribution in [3.63, 3.8) is 0 Å². The van der Waals surface area contributed by atoms with Crippen LogP contribution in [0.2, 0.25) is 0 Å². The molecule has 0 aliphatic heterocycles. The van der Waals surface area contributed by atoms with E-state index < -0.39 is 0 Å². The molecule has 0 aromatic carbocycles. The average molecular weight is 223 g/mol. The lowest BCUT2D eigenvalue weighted by Crippen LogP contribution is -2.19. The van der Waals surface area contributed by atoms with Crippen LogP contribution in [-0.4, -0.2) is 6.54 Å². The minimum absolute atomic E-state index is 0.536. The Bertz CT molecular complexity index is 290. The van der Waals surface area contributed by atoms with Crippen LogP contribution in [0.25, 0.3) is 0 Å². The SMILES string of the molecule is C=CCCCC(NCC)c1ccc(C)s1. The molecule has 1 unspecified atom stereocenters. The number of rotatable bonds is 7. The molecule has 0 saturated carbocycles. The fourth-order valence-electron chi connectivity index (χ4n) is 1.70. The van der Waals surface area contributed by atoms with Crippen LogP contribution in [0.3, 0.4) is 0 Å². The average Bonchev–Trinajstić information content (AvgIpc) is 2.64. The van der Waals surface area contributed by atoms with Gasteiger partial charge < -0.3 is 5.32 Å². The highest BCUT2D eigenvalue weighted by atomic mass is 32.1. The van der Waals surface area contributed by atoms with Crippen molar-refractivity contribution in [2.24, 2.45) is 0 Å². The Morgan fingerprint density at radius 3 is 2.87 bits per heavy atom. The molecule has 0 aliphatic carbocycles. The molecule has 0 spiro atoms. The number of hydrogen-bond donors (Lipinski definition) is 1. The molecule has 84 valence electrons. The van der Waals surface area contributed by atoms with Gasteiger partial charge in [0.05, 0.1) is 0 Å². The van der Waals surface area contributed by atoms with E-state index in [1.165, 1.54) is 22.6 Å². The number of allylic oxidation sites excluding steroid dienone is 1. The third-order valence-electron chi connectivity index (χ3n) is 2.46. The second-order valence-corrected chi connectivity index (χ2v) is 5.10. The maximum Gasteiger partial charge on any atom is 0.0414 e. The van der Waals surface area contributed by atoms with Gasteiger partial charge >= 0.3 is 0 Å². The molecular formula is C13H21NS. The predicted molar refractivity (Wildman–Crippen MR) is 69.5 cm³/mol. The fourth-order valence-corrected chi connectivity index (χ4v) is 2.69. The van der Waals surface area contributed by atoms with Crippen LogP contribution in [0.15, 0.2) is 24.8 Å². The molecule has 0 fully saturated rings. The summed E-state index contributed by atoms with van der Waals surface area (Å²) in [6.07, 6.45) is 5.55. The number of unbranched alkanes of at least 4 members (excludes halogenated alkanes) is 1. The quantitative estimate of drug-likeness (QED) is 0.543. The predicted octanol–water partition coefficient (Wildman–Crippen LogP) is 4.06. The molecule has 0 bridgehead atoms. The maximum absolute atomic E-state index is 3.76. The zero-order valence-electron chi connectivity index (χ0n) is 9.75. The van der Waals surface area contributed by atoms with Crippen molar-refractivity contribution in [1.82, 2.24) is 5.32 Å². The van der Waals surface area contributed by atoms with Gasteiger partial charge in [-0.2, -0.15) is 0 Å². The van der Waals surface area contributed by atoms with Gasteiger partial charge in [0.25, 0.3) is 0 Å². The summed E-state index contributed by atoms with van der Waals surface area (Å²) in [5.41, 5.74) is 0. The molecule has 0 aliphatic rings. The van der Waals surface area contributed by atoms with Crippen molar-refractivity contribution >= 4 is 11.3 Å². The third kappa shape index (κ3) is 4.18. The van der Waals surface area contributed by atoms with Crippen molar-refractivity contribution in [2.45, 2.75) is 39.2 Å². The van der Waals surface area contributed by atoms with Crippen LogP contribution >= 0.6 is 11.3 Å². The van der Waals surface area contributed by atoms with Crippen molar-refractivity contribution in [3.05, 3.63) is 34.5 Å². The van der Waals surface area contributed by atoms with E-state index in [2.05, 4.69) is 37.9 Å².